The van der Waals surface area contributed by atoms with Gasteiger partial charge in [-0.25, -0.2) is 18.1 Å². The van der Waals surface area contributed by atoms with Crippen molar-refractivity contribution in [2.24, 2.45) is 0 Å². The molecular weight excluding hydrogens is 393 g/mol. The van der Waals surface area contributed by atoms with Crippen molar-refractivity contribution in [2.45, 2.75) is 6.92 Å². The Morgan fingerprint density at radius 3 is 2.20 bits per heavy atom. The van der Waals surface area contributed by atoms with Crippen LogP contribution in [0.5, 0.6) is 0 Å². The number of halogens is 3. The lowest BCUT2D eigenvalue weighted by Crippen LogP contribution is -2.32. The van der Waals surface area contributed by atoms with Crippen molar-refractivity contribution in [2.75, 3.05) is 10.2 Å². The number of amides is 2. The van der Waals surface area contributed by atoms with Crippen molar-refractivity contribution < 1.29 is 22.8 Å². The first kappa shape index (κ1) is 19.4. The zero-order valence-electron chi connectivity index (χ0n) is 15.7. The molecule has 30 heavy (non-hydrogen) atoms. The Labute approximate surface area is 170 Å². The average Bonchev–Trinajstić information content (AvgIpc) is 2.95. The number of carbonyl (C=O) groups is 2. The van der Waals surface area contributed by atoms with Crippen LogP contribution >= 0.6 is 0 Å². The topological polar surface area (TPSA) is 49.4 Å². The molecule has 4 nitrogen and oxygen atoms in total. The first-order valence-electron chi connectivity index (χ1n) is 9.03. The fourth-order valence-corrected chi connectivity index (χ4v) is 3.26. The Morgan fingerprint density at radius 2 is 1.53 bits per heavy atom. The van der Waals surface area contributed by atoms with E-state index >= 15 is 0 Å². The van der Waals surface area contributed by atoms with Crippen LogP contribution in [-0.4, -0.2) is 11.8 Å². The minimum atomic E-state index is -1.18. The van der Waals surface area contributed by atoms with Gasteiger partial charge < -0.3 is 5.32 Å². The SMILES string of the molecule is Cc1cccc(NC2=C(c3ccc(F)cc3)C(=O)N(c3ccc(F)c(F)c3)C2=O)c1. The molecule has 150 valence electrons. The van der Waals surface area contributed by atoms with Gasteiger partial charge in [-0.2, -0.15) is 0 Å². The third-order valence-corrected chi connectivity index (χ3v) is 4.67. The van der Waals surface area contributed by atoms with Gasteiger partial charge >= 0.3 is 0 Å². The number of benzene rings is 3. The molecule has 0 bridgehead atoms. The molecular formula is C23H15F3N2O2. The number of imide groups is 1. The maximum absolute atomic E-state index is 13.7. The maximum atomic E-state index is 13.7. The molecule has 7 heteroatoms. The Kier molecular flexibility index (Phi) is 4.87. The van der Waals surface area contributed by atoms with E-state index in [9.17, 15) is 22.8 Å². The second-order valence-corrected chi connectivity index (χ2v) is 6.80. The predicted molar refractivity (Wildman–Crippen MR) is 107 cm³/mol. The Hall–Kier alpha value is -3.87. The zero-order chi connectivity index (χ0) is 21.4. The number of hydrogen-bond acceptors (Lipinski definition) is 3. The van der Waals surface area contributed by atoms with Crippen LogP contribution in [0.15, 0.2) is 72.4 Å². The van der Waals surface area contributed by atoms with Crippen LogP contribution in [0.25, 0.3) is 5.57 Å². The van der Waals surface area contributed by atoms with Crippen molar-refractivity contribution in [3.8, 4) is 0 Å². The highest BCUT2D eigenvalue weighted by Crippen LogP contribution is 2.34. The van der Waals surface area contributed by atoms with Crippen molar-refractivity contribution in [1.29, 1.82) is 0 Å². The van der Waals surface area contributed by atoms with Crippen LogP contribution in [0.4, 0.5) is 24.5 Å². The molecule has 1 aliphatic heterocycles. The minimum Gasteiger partial charge on any atom is -0.350 e. The number of anilines is 2. The molecule has 0 saturated carbocycles. The molecule has 1 aliphatic rings. The summed E-state index contributed by atoms with van der Waals surface area (Å²) in [5.41, 5.74) is 1.67. The second kappa shape index (κ2) is 7.51. The molecule has 0 spiro atoms. The second-order valence-electron chi connectivity index (χ2n) is 6.80. The van der Waals surface area contributed by atoms with E-state index in [2.05, 4.69) is 5.32 Å². The molecule has 0 aromatic heterocycles. The van der Waals surface area contributed by atoms with E-state index in [0.717, 1.165) is 28.7 Å². The number of rotatable bonds is 4. The van der Waals surface area contributed by atoms with Gasteiger partial charge in [-0.05, 0) is 54.4 Å². The maximum Gasteiger partial charge on any atom is 0.282 e. The van der Waals surface area contributed by atoms with Crippen LogP contribution in [-0.2, 0) is 9.59 Å². The van der Waals surface area contributed by atoms with Gasteiger partial charge in [0.15, 0.2) is 11.6 Å². The lowest BCUT2D eigenvalue weighted by Gasteiger charge is -2.15. The zero-order valence-corrected chi connectivity index (χ0v) is 15.7. The van der Waals surface area contributed by atoms with Crippen LogP contribution in [0.1, 0.15) is 11.1 Å². The van der Waals surface area contributed by atoms with Gasteiger partial charge in [0.2, 0.25) is 0 Å². The van der Waals surface area contributed by atoms with E-state index in [0.29, 0.717) is 11.3 Å². The van der Waals surface area contributed by atoms with Crippen LogP contribution < -0.4 is 10.2 Å². The molecule has 1 heterocycles. The average molecular weight is 408 g/mol. The Bertz CT molecular complexity index is 1200. The van der Waals surface area contributed by atoms with E-state index in [1.54, 1.807) is 18.2 Å². The van der Waals surface area contributed by atoms with Crippen LogP contribution in [0, 0.1) is 24.4 Å². The van der Waals surface area contributed by atoms with Crippen molar-refractivity contribution in [3.05, 3.63) is 101 Å². The third kappa shape index (κ3) is 3.45. The first-order valence-corrected chi connectivity index (χ1v) is 9.03. The summed E-state index contributed by atoms with van der Waals surface area (Å²) in [6.07, 6.45) is 0. The van der Waals surface area contributed by atoms with E-state index < -0.39 is 29.3 Å². The van der Waals surface area contributed by atoms with E-state index in [-0.39, 0.29) is 17.0 Å². The highest BCUT2D eigenvalue weighted by atomic mass is 19.2. The van der Waals surface area contributed by atoms with Gasteiger partial charge in [0.05, 0.1) is 11.3 Å². The molecule has 0 saturated heterocycles. The highest BCUT2D eigenvalue weighted by Gasteiger charge is 2.40. The number of carbonyl (C=O) groups excluding carboxylic acids is 2. The van der Waals surface area contributed by atoms with E-state index in [1.807, 2.05) is 13.0 Å². The third-order valence-electron chi connectivity index (χ3n) is 4.67. The molecule has 0 atom stereocenters. The summed E-state index contributed by atoms with van der Waals surface area (Å²) in [5.74, 6) is -4.24. The molecule has 2 amide bonds. The van der Waals surface area contributed by atoms with Gasteiger partial charge in [-0.1, -0.05) is 24.3 Å². The van der Waals surface area contributed by atoms with Gasteiger partial charge in [0.1, 0.15) is 11.5 Å². The van der Waals surface area contributed by atoms with E-state index in [1.165, 1.54) is 24.3 Å². The van der Waals surface area contributed by atoms with Gasteiger partial charge in [0.25, 0.3) is 11.8 Å². The fourth-order valence-electron chi connectivity index (χ4n) is 3.26. The van der Waals surface area contributed by atoms with Crippen molar-refractivity contribution in [1.82, 2.24) is 0 Å². The largest absolute Gasteiger partial charge is 0.350 e. The van der Waals surface area contributed by atoms with Gasteiger partial charge in [-0.3, -0.25) is 9.59 Å². The Morgan fingerprint density at radius 1 is 0.800 bits per heavy atom. The number of nitrogens with zero attached hydrogens (tertiary/aromatic N) is 1. The highest BCUT2D eigenvalue weighted by molar-refractivity contribution is 6.46. The molecule has 0 unspecified atom stereocenters. The number of aryl methyl sites for hydroxylation is 1. The normalized spacial score (nSPS) is 13.9. The number of nitrogens with one attached hydrogen (secondary N) is 1. The molecule has 0 fully saturated rings. The summed E-state index contributed by atoms with van der Waals surface area (Å²) in [4.78, 5) is 27.1. The van der Waals surface area contributed by atoms with E-state index in [4.69, 9.17) is 0 Å². The van der Waals surface area contributed by atoms with Crippen molar-refractivity contribution >= 4 is 28.8 Å². The fraction of sp³-hybridized carbons (Fsp3) is 0.0435. The van der Waals surface area contributed by atoms with Gasteiger partial charge in [-0.15, -0.1) is 0 Å². The van der Waals surface area contributed by atoms with Crippen molar-refractivity contribution in [3.63, 3.8) is 0 Å². The lowest BCUT2D eigenvalue weighted by atomic mass is 10.0. The minimum absolute atomic E-state index is 0.00578. The van der Waals surface area contributed by atoms with Gasteiger partial charge in [0, 0.05) is 11.8 Å². The summed E-state index contributed by atoms with van der Waals surface area (Å²) < 4.78 is 40.5. The Balaban J connectivity index is 1.83. The summed E-state index contributed by atoms with van der Waals surface area (Å²) in [6.45, 7) is 1.87. The summed E-state index contributed by atoms with van der Waals surface area (Å²) >= 11 is 0. The molecule has 1 N–H and O–H groups in total. The molecule has 4 rings (SSSR count). The molecule has 0 radical (unpaired) electrons. The van der Waals surface area contributed by atoms with Crippen LogP contribution in [0.3, 0.4) is 0 Å². The first-order chi connectivity index (χ1) is 14.3. The predicted octanol–water partition coefficient (Wildman–Crippen LogP) is 4.81. The lowest BCUT2D eigenvalue weighted by molar-refractivity contribution is -0.120. The monoisotopic (exact) mass is 408 g/mol. The quantitative estimate of drug-likeness (QED) is 0.631. The number of hydrogen-bond donors (Lipinski definition) is 1. The summed E-state index contributed by atoms with van der Waals surface area (Å²) in [6, 6.07) is 15.0. The smallest absolute Gasteiger partial charge is 0.282 e. The molecule has 3 aromatic carbocycles. The molecule has 3 aromatic rings. The standard InChI is InChI=1S/C23H15F3N2O2/c1-13-3-2-4-16(11-13)27-21-20(14-5-7-15(24)8-6-14)22(29)28(23(21)30)17-9-10-18(25)19(26)12-17/h2-12,27H,1H3. The summed E-state index contributed by atoms with van der Waals surface area (Å²) in [5, 5.41) is 2.96. The molecule has 0 aliphatic carbocycles. The summed E-state index contributed by atoms with van der Waals surface area (Å²) in [7, 11) is 0. The van der Waals surface area contributed by atoms with Crippen LogP contribution in [0.2, 0.25) is 0 Å².